The number of hydrogen-bond acceptors (Lipinski definition) is 6. The maximum Gasteiger partial charge on any atom is 0.337 e. The first-order valence-electron chi connectivity index (χ1n) is 12.6. The van der Waals surface area contributed by atoms with Gasteiger partial charge in [-0.1, -0.05) is 0 Å². The molecule has 0 radical (unpaired) electrons. The molecule has 6 N–H and O–H groups in total. The van der Waals surface area contributed by atoms with E-state index in [0.717, 1.165) is 28.5 Å². The molecule has 42 heavy (non-hydrogen) atoms. The number of nitrogens with one attached hydrogen (secondary N) is 2. The first kappa shape index (κ1) is 26.2. The molecule has 1 aromatic carbocycles. The van der Waals surface area contributed by atoms with Crippen LogP contribution in [0.1, 0.15) is 64.2 Å². The van der Waals surface area contributed by atoms with E-state index >= 15 is 0 Å². The van der Waals surface area contributed by atoms with Gasteiger partial charge in [-0.3, -0.25) is 4.98 Å². The number of aromatic carboxylic acids is 4. The standard InChI is InChI=1S/C30H20N4O8/c35-27(36)22-12-21(24(28(37)38)26(30(41)42)25(22)29(39)40)20-10-19-9-17-4-3-15(32-17)7-13-1-2-14(31-13)8-16-5-6-18(33-16)11-23(20)34-19/h1-2,5-12,31,34H,3-4H2,(H,35,36)(H,37,38)(H,39,40)(H,41,42). The molecule has 12 nitrogen and oxygen atoms in total. The quantitative estimate of drug-likeness (QED) is 0.173. The van der Waals surface area contributed by atoms with Crippen molar-refractivity contribution >= 4 is 58.1 Å². The molecule has 0 saturated carbocycles. The van der Waals surface area contributed by atoms with Crippen molar-refractivity contribution in [2.24, 2.45) is 0 Å². The fourth-order valence-electron chi connectivity index (χ4n) is 5.21. The molecule has 8 bridgehead atoms. The number of H-pyrrole nitrogens is 2. The summed E-state index contributed by atoms with van der Waals surface area (Å²) < 4.78 is 0. The maximum absolute atomic E-state index is 12.5. The Bertz CT molecular complexity index is 2070. The average Bonchev–Trinajstić information content (AvgIpc) is 3.72. The number of carbonyl (C=O) groups is 4. The van der Waals surface area contributed by atoms with E-state index in [-0.39, 0.29) is 11.1 Å². The van der Waals surface area contributed by atoms with Crippen molar-refractivity contribution in [2.75, 3.05) is 0 Å². The van der Waals surface area contributed by atoms with Gasteiger partial charge in [0.05, 0.1) is 33.6 Å². The number of aromatic amines is 2. The fourth-order valence-corrected chi connectivity index (χ4v) is 5.21. The summed E-state index contributed by atoms with van der Waals surface area (Å²) in [5.41, 5.74) is 1.06. The van der Waals surface area contributed by atoms with Crippen LogP contribution in [0.5, 0.6) is 0 Å². The van der Waals surface area contributed by atoms with Gasteiger partial charge in [-0.2, -0.15) is 0 Å². The summed E-state index contributed by atoms with van der Waals surface area (Å²) in [7, 11) is 0. The second-order valence-electron chi connectivity index (χ2n) is 9.71. The number of hydrogen-bond donors (Lipinski definition) is 6. The highest BCUT2D eigenvalue weighted by Gasteiger charge is 2.33. The zero-order chi connectivity index (χ0) is 29.7. The summed E-state index contributed by atoms with van der Waals surface area (Å²) in [6.07, 6.45) is 4.83. The van der Waals surface area contributed by atoms with E-state index in [2.05, 4.69) is 19.9 Å². The molecule has 0 amide bonds. The maximum atomic E-state index is 12.5. The van der Waals surface area contributed by atoms with Gasteiger partial charge < -0.3 is 30.4 Å². The molecular weight excluding hydrogens is 544 g/mol. The van der Waals surface area contributed by atoms with E-state index in [1.807, 2.05) is 24.3 Å². The molecular formula is C30H20N4O8. The van der Waals surface area contributed by atoms with Crippen LogP contribution in [0.4, 0.5) is 0 Å². The van der Waals surface area contributed by atoms with Crippen molar-refractivity contribution in [2.45, 2.75) is 12.8 Å². The molecule has 208 valence electrons. The van der Waals surface area contributed by atoms with Gasteiger partial charge in [0.25, 0.3) is 0 Å². The molecule has 2 aliphatic rings. The van der Waals surface area contributed by atoms with Crippen LogP contribution in [-0.2, 0) is 12.8 Å². The summed E-state index contributed by atoms with van der Waals surface area (Å²) in [4.78, 5) is 64.5. The van der Waals surface area contributed by atoms with Crippen LogP contribution < -0.4 is 0 Å². The minimum Gasteiger partial charge on any atom is -0.478 e. The van der Waals surface area contributed by atoms with E-state index in [4.69, 9.17) is 0 Å². The SMILES string of the molecule is O=C(O)c1cc(-c2cc3cc4nc(cc5ccc(cc6nc(cc2[nH]3)C=C6)[nH]5)CC4)c(C(=O)O)c(C(=O)O)c1C(=O)O. The molecule has 0 unspecified atom stereocenters. The highest BCUT2D eigenvalue weighted by molar-refractivity contribution is 6.17. The summed E-state index contributed by atoms with van der Waals surface area (Å²) >= 11 is 0. The third-order valence-electron chi connectivity index (χ3n) is 6.94. The normalized spacial score (nSPS) is 12.3. The highest BCUT2D eigenvalue weighted by Crippen LogP contribution is 2.35. The largest absolute Gasteiger partial charge is 0.478 e. The third-order valence-corrected chi connectivity index (χ3v) is 6.94. The number of carboxylic acids is 4. The summed E-state index contributed by atoms with van der Waals surface area (Å²) in [6.45, 7) is 0. The summed E-state index contributed by atoms with van der Waals surface area (Å²) in [6, 6.07) is 13.4. The molecule has 0 aliphatic carbocycles. The highest BCUT2D eigenvalue weighted by atomic mass is 16.4. The number of fused-ring (bicyclic) bond motifs is 8. The van der Waals surface area contributed by atoms with Crippen LogP contribution in [0.15, 0.2) is 48.5 Å². The van der Waals surface area contributed by atoms with Gasteiger partial charge in [0.15, 0.2) is 0 Å². The van der Waals surface area contributed by atoms with Crippen molar-refractivity contribution in [3.8, 4) is 11.1 Å². The molecule has 5 heterocycles. The van der Waals surface area contributed by atoms with Crippen LogP contribution in [0.25, 0.3) is 45.3 Å². The van der Waals surface area contributed by atoms with Crippen LogP contribution in [-0.4, -0.2) is 64.2 Å². The van der Waals surface area contributed by atoms with Crippen LogP contribution in [0, 0.1) is 0 Å². The minimum atomic E-state index is -1.89. The Hall–Kier alpha value is -6.04. The van der Waals surface area contributed by atoms with Crippen molar-refractivity contribution in [3.05, 3.63) is 93.6 Å². The topological polar surface area (TPSA) is 207 Å². The Kier molecular flexibility index (Phi) is 6.15. The first-order chi connectivity index (χ1) is 20.1. The zero-order valence-corrected chi connectivity index (χ0v) is 21.5. The third kappa shape index (κ3) is 4.66. The molecule has 0 fully saturated rings. The Morgan fingerprint density at radius 1 is 0.571 bits per heavy atom. The number of aromatic nitrogens is 4. The van der Waals surface area contributed by atoms with Crippen molar-refractivity contribution in [1.82, 2.24) is 19.9 Å². The second kappa shape index (κ2) is 9.86. The lowest BCUT2D eigenvalue weighted by Crippen LogP contribution is -2.20. The van der Waals surface area contributed by atoms with Gasteiger partial charge in [0.2, 0.25) is 0 Å². The molecule has 3 aromatic heterocycles. The van der Waals surface area contributed by atoms with Crippen LogP contribution in [0.2, 0.25) is 0 Å². The number of aryl methyl sites for hydroxylation is 2. The van der Waals surface area contributed by atoms with Gasteiger partial charge in [-0.25, -0.2) is 24.2 Å². The summed E-state index contributed by atoms with van der Waals surface area (Å²) in [5.74, 6) is -7.23. The van der Waals surface area contributed by atoms with Crippen LogP contribution >= 0.6 is 0 Å². The van der Waals surface area contributed by atoms with Crippen molar-refractivity contribution in [3.63, 3.8) is 0 Å². The van der Waals surface area contributed by atoms with Crippen LogP contribution in [0.3, 0.4) is 0 Å². The summed E-state index contributed by atoms with van der Waals surface area (Å²) in [5, 5.41) is 39.5. The van der Waals surface area contributed by atoms with Gasteiger partial charge in [0, 0.05) is 44.6 Å². The number of nitrogens with zero attached hydrogens (tertiary/aromatic N) is 2. The lowest BCUT2D eigenvalue weighted by Gasteiger charge is -2.14. The Balaban J connectivity index is 1.74. The monoisotopic (exact) mass is 564 g/mol. The lowest BCUT2D eigenvalue weighted by molar-refractivity contribution is 0.0620. The lowest BCUT2D eigenvalue weighted by atomic mass is 9.88. The molecule has 2 aliphatic heterocycles. The van der Waals surface area contributed by atoms with Gasteiger partial charge in [-0.15, -0.1) is 0 Å². The van der Waals surface area contributed by atoms with E-state index < -0.39 is 46.1 Å². The van der Waals surface area contributed by atoms with Crippen molar-refractivity contribution in [1.29, 1.82) is 0 Å². The smallest absolute Gasteiger partial charge is 0.337 e. The number of carboxylic acid groups (broad SMARTS) is 4. The van der Waals surface area contributed by atoms with E-state index in [1.54, 1.807) is 30.4 Å². The Morgan fingerprint density at radius 3 is 1.79 bits per heavy atom. The number of rotatable bonds is 5. The first-order valence-corrected chi connectivity index (χ1v) is 12.6. The number of benzene rings is 1. The molecule has 4 aromatic rings. The van der Waals surface area contributed by atoms with E-state index in [0.29, 0.717) is 35.3 Å². The Morgan fingerprint density at radius 2 is 1.17 bits per heavy atom. The van der Waals surface area contributed by atoms with Gasteiger partial charge in [0.1, 0.15) is 0 Å². The molecule has 0 atom stereocenters. The minimum absolute atomic E-state index is 0.140. The Labute approximate surface area is 235 Å². The molecule has 6 rings (SSSR count). The van der Waals surface area contributed by atoms with E-state index in [9.17, 15) is 39.6 Å². The second-order valence-corrected chi connectivity index (χ2v) is 9.71. The van der Waals surface area contributed by atoms with Gasteiger partial charge >= 0.3 is 23.9 Å². The average molecular weight is 565 g/mol. The van der Waals surface area contributed by atoms with E-state index in [1.165, 1.54) is 0 Å². The zero-order valence-electron chi connectivity index (χ0n) is 21.5. The molecule has 0 spiro atoms. The van der Waals surface area contributed by atoms with Crippen molar-refractivity contribution < 1.29 is 39.6 Å². The molecule has 12 heteroatoms. The van der Waals surface area contributed by atoms with Gasteiger partial charge in [-0.05, 0) is 73.5 Å². The molecule has 0 saturated heterocycles. The fraction of sp³-hybridized carbons (Fsp3) is 0.0667. The predicted octanol–water partition coefficient (Wildman–Crippen LogP) is 4.73. The predicted molar refractivity (Wildman–Crippen MR) is 151 cm³/mol.